The fourth-order valence-electron chi connectivity index (χ4n) is 5.42. The molecular formula is C38H62N2O8S. The molecule has 0 aliphatic carbocycles. The lowest BCUT2D eigenvalue weighted by Gasteiger charge is -2.33. The molecule has 0 spiro atoms. The molecule has 2 aromatic rings. The van der Waals surface area contributed by atoms with E-state index in [2.05, 4.69) is 0 Å². The van der Waals surface area contributed by atoms with E-state index in [1.165, 1.54) is 0 Å². The van der Waals surface area contributed by atoms with Crippen molar-refractivity contribution in [3.63, 3.8) is 0 Å². The van der Waals surface area contributed by atoms with Gasteiger partial charge in [0.1, 0.15) is 17.0 Å². The second-order valence-corrected chi connectivity index (χ2v) is 16.3. The minimum atomic E-state index is -3.71. The van der Waals surface area contributed by atoms with Gasteiger partial charge >= 0.3 is 12.2 Å². The van der Waals surface area contributed by atoms with Crippen molar-refractivity contribution in [3.05, 3.63) is 60.2 Å². The van der Waals surface area contributed by atoms with Gasteiger partial charge in [-0.1, -0.05) is 43.3 Å². The van der Waals surface area contributed by atoms with Gasteiger partial charge in [0, 0.05) is 27.6 Å². The van der Waals surface area contributed by atoms with Gasteiger partial charge in [0.25, 0.3) is 10.1 Å². The van der Waals surface area contributed by atoms with Crippen LogP contribution in [0, 0.1) is 18.8 Å². The summed E-state index contributed by atoms with van der Waals surface area (Å²) in [5.41, 5.74) is 0.0875. The lowest BCUT2D eigenvalue weighted by atomic mass is 9.94. The quantitative estimate of drug-likeness (QED) is 0.238. The summed E-state index contributed by atoms with van der Waals surface area (Å²) in [4.78, 5) is 27.8. The van der Waals surface area contributed by atoms with Gasteiger partial charge in [0.05, 0.1) is 18.1 Å². The van der Waals surface area contributed by atoms with E-state index in [0.717, 1.165) is 63.1 Å². The predicted octanol–water partition coefficient (Wildman–Crippen LogP) is 8.72. The van der Waals surface area contributed by atoms with E-state index in [9.17, 15) is 18.0 Å². The number of piperidine rings is 2. The average Bonchev–Trinajstić information content (AvgIpc) is 3.01. The van der Waals surface area contributed by atoms with Gasteiger partial charge in [-0.15, -0.1) is 0 Å². The molecule has 0 unspecified atom stereocenters. The minimum absolute atomic E-state index is 0. The van der Waals surface area contributed by atoms with E-state index in [1.807, 2.05) is 83.7 Å². The first-order chi connectivity index (χ1) is 22.5. The number of hydrogen-bond acceptors (Lipinski definition) is 8. The number of nitrogens with zero attached hydrogens (tertiary/aromatic N) is 2. The van der Waals surface area contributed by atoms with Crippen LogP contribution in [0.1, 0.15) is 94.5 Å². The number of carbonyl (C=O) groups is 2. The Morgan fingerprint density at radius 2 is 1.14 bits per heavy atom. The number of benzene rings is 2. The molecule has 278 valence electrons. The molecule has 0 aromatic heterocycles. The third-order valence-corrected chi connectivity index (χ3v) is 9.47. The summed E-state index contributed by atoms with van der Waals surface area (Å²) in [6.07, 6.45) is 4.93. The van der Waals surface area contributed by atoms with Crippen LogP contribution in [0.4, 0.5) is 9.59 Å². The third kappa shape index (κ3) is 15.8. The van der Waals surface area contributed by atoms with Crippen molar-refractivity contribution >= 4 is 22.3 Å². The molecule has 0 atom stereocenters. The highest BCUT2D eigenvalue weighted by molar-refractivity contribution is 7.86. The summed E-state index contributed by atoms with van der Waals surface area (Å²) < 4.78 is 46.0. The Kier molecular flexibility index (Phi) is 16.4. The smallest absolute Gasteiger partial charge is 0.410 e. The molecule has 0 radical (unpaired) electrons. The molecular weight excluding hydrogens is 644 g/mol. The van der Waals surface area contributed by atoms with E-state index >= 15 is 0 Å². The fraction of sp³-hybridized carbons (Fsp3) is 0.632. The maximum Gasteiger partial charge on any atom is 0.410 e. The molecule has 2 aromatic carbocycles. The van der Waals surface area contributed by atoms with Crippen LogP contribution >= 0.6 is 0 Å². The van der Waals surface area contributed by atoms with Gasteiger partial charge in [-0.25, -0.2) is 9.59 Å². The number of rotatable bonds is 9. The Bertz CT molecular complexity index is 1380. The van der Waals surface area contributed by atoms with Crippen LogP contribution < -0.4 is 4.74 Å². The summed E-state index contributed by atoms with van der Waals surface area (Å²) in [5, 5.41) is 0. The van der Waals surface area contributed by atoms with Crippen LogP contribution in [0.15, 0.2) is 59.5 Å². The highest BCUT2D eigenvalue weighted by atomic mass is 32.2. The Morgan fingerprint density at radius 1 is 0.714 bits per heavy atom. The largest absolute Gasteiger partial charge is 0.494 e. The van der Waals surface area contributed by atoms with Crippen LogP contribution in [-0.4, -0.2) is 81.0 Å². The average molecular weight is 708 g/mol. The molecule has 11 heteroatoms. The summed E-state index contributed by atoms with van der Waals surface area (Å²) in [7, 11) is -3.71. The molecule has 2 aliphatic rings. The van der Waals surface area contributed by atoms with Crippen LogP contribution in [-0.2, 0) is 23.8 Å². The molecule has 2 saturated heterocycles. The van der Waals surface area contributed by atoms with E-state index in [4.69, 9.17) is 18.4 Å². The molecule has 0 bridgehead atoms. The zero-order valence-corrected chi connectivity index (χ0v) is 30.7. The van der Waals surface area contributed by atoms with E-state index in [0.29, 0.717) is 31.3 Å². The molecule has 4 rings (SSSR count). The van der Waals surface area contributed by atoms with Gasteiger partial charge in [-0.2, -0.15) is 8.42 Å². The van der Waals surface area contributed by atoms with Crippen molar-refractivity contribution in [2.75, 3.05) is 39.4 Å². The first kappa shape index (κ1) is 41.9. The predicted molar refractivity (Wildman–Crippen MR) is 195 cm³/mol. The first-order valence-corrected chi connectivity index (χ1v) is 18.5. The lowest BCUT2D eigenvalue weighted by Crippen LogP contribution is -2.41. The third-order valence-electron chi connectivity index (χ3n) is 8.14. The number of amides is 2. The molecule has 2 amide bonds. The Morgan fingerprint density at radius 3 is 1.57 bits per heavy atom. The molecule has 0 saturated carbocycles. The van der Waals surface area contributed by atoms with E-state index < -0.39 is 21.3 Å². The number of likely N-dealkylation sites (tertiary alicyclic amines) is 2. The SMILES string of the molecule is C.CC(C)(C)OC(=O)N1CCC(CCOc2ccccc2)CC1.Cc1ccc(S(=O)(=O)OCCC2CCN(C(=O)OC(C)(C)C)CC2)cc1.[2HH]. The number of carbonyl (C=O) groups excluding carboxylic acids is 2. The van der Waals surface area contributed by atoms with Gasteiger partial charge in [0.2, 0.25) is 0 Å². The van der Waals surface area contributed by atoms with E-state index in [-0.39, 0.29) is 32.5 Å². The van der Waals surface area contributed by atoms with Crippen molar-refractivity contribution in [1.82, 2.24) is 9.80 Å². The zero-order valence-electron chi connectivity index (χ0n) is 29.9. The number of ether oxygens (including phenoxy) is 3. The van der Waals surface area contributed by atoms with E-state index in [1.54, 1.807) is 29.2 Å². The van der Waals surface area contributed by atoms with Crippen molar-refractivity contribution < 1.29 is 37.8 Å². The molecule has 49 heavy (non-hydrogen) atoms. The van der Waals surface area contributed by atoms with Gasteiger partial charge in [-0.05, 0) is 123 Å². The number of aryl methyl sites for hydroxylation is 1. The minimum Gasteiger partial charge on any atom is -0.494 e. The normalized spacial score (nSPS) is 16.1. The highest BCUT2D eigenvalue weighted by Gasteiger charge is 2.28. The summed E-state index contributed by atoms with van der Waals surface area (Å²) in [6, 6.07) is 16.5. The van der Waals surface area contributed by atoms with Crippen LogP contribution in [0.3, 0.4) is 0 Å². The second-order valence-electron chi connectivity index (χ2n) is 14.6. The van der Waals surface area contributed by atoms with Crippen molar-refractivity contribution in [2.45, 2.75) is 111 Å². The Labute approximate surface area is 297 Å². The second kappa shape index (κ2) is 19.2. The van der Waals surface area contributed by atoms with Crippen LogP contribution in [0.5, 0.6) is 5.75 Å². The van der Waals surface area contributed by atoms with Crippen LogP contribution in [0.2, 0.25) is 0 Å². The lowest BCUT2D eigenvalue weighted by molar-refractivity contribution is 0.0166. The maximum atomic E-state index is 12.2. The van der Waals surface area contributed by atoms with Gasteiger partial charge < -0.3 is 24.0 Å². The standard InChI is InChI=1S/C19H29NO5S.C18H27NO3.CH4.H2/c1-15-5-7-17(8-6-15)26(22,23)24-14-11-16-9-12-20(13-10-16)18(21)25-19(2,3)4;1-18(2,3)22-17(20)19-12-9-15(10-13-19)11-14-21-16-7-5-4-6-8-16;;/h5-8,16H,9-14H2,1-4H3;4-8,15H,9-14H2,1-3H3;1H4;1H/i;;;1+1. The van der Waals surface area contributed by atoms with Crippen molar-refractivity contribution in [1.29, 1.82) is 0 Å². The number of para-hydroxylation sites is 1. The fourth-order valence-corrected chi connectivity index (χ4v) is 6.34. The summed E-state index contributed by atoms with van der Waals surface area (Å²) in [6.45, 7) is 16.9. The van der Waals surface area contributed by atoms with Gasteiger partial charge in [0.15, 0.2) is 0 Å². The summed E-state index contributed by atoms with van der Waals surface area (Å²) in [5.74, 6) is 1.90. The summed E-state index contributed by atoms with van der Waals surface area (Å²) >= 11 is 0. The molecule has 2 aliphatic heterocycles. The topological polar surface area (TPSA) is 112 Å². The first-order valence-electron chi connectivity index (χ1n) is 17.1. The van der Waals surface area contributed by atoms with Crippen molar-refractivity contribution in [2.24, 2.45) is 11.8 Å². The number of hydrogen-bond donors (Lipinski definition) is 0. The molecule has 10 nitrogen and oxygen atoms in total. The van der Waals surface area contributed by atoms with Crippen LogP contribution in [0.25, 0.3) is 0 Å². The monoisotopic (exact) mass is 707 g/mol. The Balaban J connectivity index is 0.000000487. The molecule has 0 N–H and O–H groups in total. The Hall–Kier alpha value is -3.31. The zero-order chi connectivity index (χ0) is 35.4. The van der Waals surface area contributed by atoms with Crippen molar-refractivity contribution in [3.8, 4) is 5.75 Å². The molecule has 2 heterocycles. The highest BCUT2D eigenvalue weighted by Crippen LogP contribution is 2.24. The maximum absolute atomic E-state index is 12.2. The molecule has 2 fully saturated rings. The van der Waals surface area contributed by atoms with Gasteiger partial charge in [-0.3, -0.25) is 4.18 Å².